The van der Waals surface area contributed by atoms with E-state index in [1.807, 2.05) is 0 Å². The number of nitrogens with one attached hydrogen (secondary N) is 1. The van der Waals surface area contributed by atoms with Crippen LogP contribution < -0.4 is 16.8 Å². The molecular formula is C15H26N4O. The van der Waals surface area contributed by atoms with Crippen LogP contribution in [0, 0.1) is 0 Å². The first-order valence-electron chi connectivity index (χ1n) is 7.05. The van der Waals surface area contributed by atoms with E-state index in [9.17, 15) is 4.79 Å². The first kappa shape index (κ1) is 16.3. The average molecular weight is 278 g/mol. The van der Waals surface area contributed by atoms with Crippen LogP contribution in [0.25, 0.3) is 0 Å². The quantitative estimate of drug-likeness (QED) is 0.501. The average Bonchev–Trinajstić information content (AvgIpc) is 2.39. The van der Waals surface area contributed by atoms with E-state index in [1.54, 1.807) is 18.2 Å². The van der Waals surface area contributed by atoms with E-state index in [0.29, 0.717) is 17.3 Å². The van der Waals surface area contributed by atoms with E-state index >= 15 is 0 Å². The summed E-state index contributed by atoms with van der Waals surface area (Å²) in [6.07, 6.45) is 2.15. The summed E-state index contributed by atoms with van der Waals surface area (Å²) in [4.78, 5) is 13.7. The zero-order valence-corrected chi connectivity index (χ0v) is 12.6. The van der Waals surface area contributed by atoms with E-state index in [2.05, 4.69) is 31.1 Å². The van der Waals surface area contributed by atoms with Gasteiger partial charge in [0, 0.05) is 24.0 Å². The molecule has 20 heavy (non-hydrogen) atoms. The number of unbranched alkanes of at least 4 members (excludes halogenated alkanes) is 1. The molecule has 0 atom stereocenters. The third-order valence-electron chi connectivity index (χ3n) is 3.44. The number of nitrogen functional groups attached to an aromatic ring is 1. The fourth-order valence-corrected chi connectivity index (χ4v) is 1.89. The van der Waals surface area contributed by atoms with Gasteiger partial charge in [0.15, 0.2) is 0 Å². The summed E-state index contributed by atoms with van der Waals surface area (Å²) >= 11 is 0. The number of carbonyl (C=O) groups excluding carboxylic acids is 1. The minimum atomic E-state index is -0.459. The smallest absolute Gasteiger partial charge is 0.250 e. The zero-order valence-electron chi connectivity index (χ0n) is 12.6. The highest BCUT2D eigenvalue weighted by Crippen LogP contribution is 2.18. The monoisotopic (exact) mass is 278 g/mol. The Labute approximate surface area is 121 Å². The Balaban J connectivity index is 2.41. The Hall–Kier alpha value is -1.75. The molecule has 1 rings (SSSR count). The van der Waals surface area contributed by atoms with Crippen molar-refractivity contribution in [3.05, 3.63) is 23.8 Å². The van der Waals surface area contributed by atoms with Crippen molar-refractivity contribution in [1.82, 2.24) is 4.90 Å². The Bertz CT molecular complexity index is 445. The topological polar surface area (TPSA) is 84.4 Å². The van der Waals surface area contributed by atoms with Crippen molar-refractivity contribution in [1.29, 1.82) is 0 Å². The summed E-state index contributed by atoms with van der Waals surface area (Å²) < 4.78 is 0. The number of carbonyl (C=O) groups is 1. The second-order valence-electron chi connectivity index (χ2n) is 5.38. The molecular weight excluding hydrogens is 252 g/mol. The molecule has 0 unspecified atom stereocenters. The molecule has 0 saturated carbocycles. The molecule has 0 spiro atoms. The van der Waals surface area contributed by atoms with Crippen molar-refractivity contribution in [3.8, 4) is 0 Å². The third-order valence-corrected chi connectivity index (χ3v) is 3.44. The minimum Gasteiger partial charge on any atom is -0.399 e. The van der Waals surface area contributed by atoms with Crippen molar-refractivity contribution < 1.29 is 4.79 Å². The molecule has 5 nitrogen and oxygen atoms in total. The molecule has 0 aliphatic rings. The van der Waals surface area contributed by atoms with Crippen LogP contribution in [0.4, 0.5) is 11.4 Å². The molecule has 0 bridgehead atoms. The van der Waals surface area contributed by atoms with E-state index in [-0.39, 0.29) is 0 Å². The molecule has 0 aromatic heterocycles. The Morgan fingerprint density at radius 2 is 2.05 bits per heavy atom. The number of rotatable bonds is 8. The lowest BCUT2D eigenvalue weighted by Crippen LogP contribution is -2.27. The van der Waals surface area contributed by atoms with E-state index in [1.165, 1.54) is 0 Å². The predicted octanol–water partition coefficient (Wildman–Crippen LogP) is 1.90. The maximum atomic E-state index is 11.3. The van der Waals surface area contributed by atoms with Crippen LogP contribution in [0.5, 0.6) is 0 Å². The van der Waals surface area contributed by atoms with Gasteiger partial charge in [-0.1, -0.05) is 0 Å². The lowest BCUT2D eigenvalue weighted by atomic mass is 10.1. The van der Waals surface area contributed by atoms with Gasteiger partial charge in [0.05, 0.1) is 5.56 Å². The summed E-state index contributed by atoms with van der Waals surface area (Å²) in [6, 6.07) is 5.75. The number of benzene rings is 1. The third kappa shape index (κ3) is 5.09. The molecule has 112 valence electrons. The van der Waals surface area contributed by atoms with Gasteiger partial charge in [0.25, 0.3) is 5.91 Å². The summed E-state index contributed by atoms with van der Waals surface area (Å²) in [6.45, 7) is 6.26. The van der Waals surface area contributed by atoms with Gasteiger partial charge in [-0.2, -0.15) is 0 Å². The van der Waals surface area contributed by atoms with Crippen molar-refractivity contribution in [2.45, 2.75) is 32.7 Å². The van der Waals surface area contributed by atoms with Gasteiger partial charge in [-0.15, -0.1) is 0 Å². The first-order chi connectivity index (χ1) is 9.41. The van der Waals surface area contributed by atoms with Gasteiger partial charge < -0.3 is 21.7 Å². The maximum absolute atomic E-state index is 11.3. The molecule has 5 N–H and O–H groups in total. The molecule has 0 aliphatic heterocycles. The van der Waals surface area contributed by atoms with Crippen molar-refractivity contribution in [3.63, 3.8) is 0 Å². The first-order valence-corrected chi connectivity index (χ1v) is 7.05. The second kappa shape index (κ2) is 7.75. The van der Waals surface area contributed by atoms with Crippen LogP contribution in [0.3, 0.4) is 0 Å². The van der Waals surface area contributed by atoms with Crippen molar-refractivity contribution in [2.24, 2.45) is 5.73 Å². The van der Waals surface area contributed by atoms with Gasteiger partial charge >= 0.3 is 0 Å². The Morgan fingerprint density at radius 3 is 2.65 bits per heavy atom. The molecule has 5 heteroatoms. The second-order valence-corrected chi connectivity index (χ2v) is 5.38. The highest BCUT2D eigenvalue weighted by Gasteiger charge is 2.08. The summed E-state index contributed by atoms with van der Waals surface area (Å²) in [5, 5.41) is 3.25. The molecule has 0 radical (unpaired) electrons. The van der Waals surface area contributed by atoms with E-state index in [0.717, 1.165) is 31.6 Å². The number of hydrogen-bond acceptors (Lipinski definition) is 4. The lowest BCUT2D eigenvalue weighted by molar-refractivity contribution is 0.100. The minimum absolute atomic E-state index is 0.448. The summed E-state index contributed by atoms with van der Waals surface area (Å²) in [5.41, 5.74) is 12.8. The SMILES string of the molecule is CC(C)N(C)CCCCNc1ccc(N)cc1C(N)=O. The summed E-state index contributed by atoms with van der Waals surface area (Å²) in [5.74, 6) is -0.459. The Morgan fingerprint density at radius 1 is 1.35 bits per heavy atom. The number of nitrogens with zero attached hydrogens (tertiary/aromatic N) is 1. The molecule has 1 amide bonds. The van der Waals surface area contributed by atoms with Crippen LogP contribution in [0.15, 0.2) is 18.2 Å². The van der Waals surface area contributed by atoms with Crippen LogP contribution in [0.2, 0.25) is 0 Å². The predicted molar refractivity (Wildman–Crippen MR) is 84.9 cm³/mol. The van der Waals surface area contributed by atoms with E-state index < -0.39 is 5.91 Å². The highest BCUT2D eigenvalue weighted by atomic mass is 16.1. The number of nitrogens with two attached hydrogens (primary N) is 2. The Kier molecular flexibility index (Phi) is 6.31. The van der Waals surface area contributed by atoms with Gasteiger partial charge in [-0.05, 0) is 58.5 Å². The van der Waals surface area contributed by atoms with Crippen molar-refractivity contribution in [2.75, 3.05) is 31.2 Å². The molecule has 0 heterocycles. The van der Waals surface area contributed by atoms with Crippen LogP contribution in [-0.4, -0.2) is 37.0 Å². The molecule has 0 saturated heterocycles. The van der Waals surface area contributed by atoms with E-state index in [4.69, 9.17) is 11.5 Å². The van der Waals surface area contributed by atoms with Crippen LogP contribution in [0.1, 0.15) is 37.0 Å². The summed E-state index contributed by atoms with van der Waals surface area (Å²) in [7, 11) is 2.13. The van der Waals surface area contributed by atoms with Gasteiger partial charge in [-0.3, -0.25) is 4.79 Å². The number of primary amides is 1. The van der Waals surface area contributed by atoms with Gasteiger partial charge in [0.1, 0.15) is 0 Å². The standard InChI is InChI=1S/C15H26N4O/c1-11(2)19(3)9-5-4-8-18-14-7-6-12(16)10-13(14)15(17)20/h6-7,10-11,18H,4-5,8-9,16H2,1-3H3,(H2,17,20). The van der Waals surface area contributed by atoms with Gasteiger partial charge in [-0.25, -0.2) is 0 Å². The lowest BCUT2D eigenvalue weighted by Gasteiger charge is -2.20. The van der Waals surface area contributed by atoms with Crippen molar-refractivity contribution >= 4 is 17.3 Å². The number of amides is 1. The van der Waals surface area contributed by atoms with Gasteiger partial charge in [0.2, 0.25) is 0 Å². The number of anilines is 2. The largest absolute Gasteiger partial charge is 0.399 e. The molecule has 1 aromatic carbocycles. The van der Waals surface area contributed by atoms with Crippen LogP contribution >= 0.6 is 0 Å². The molecule has 1 aromatic rings. The molecule has 0 aliphatic carbocycles. The zero-order chi connectivity index (χ0) is 15.1. The highest BCUT2D eigenvalue weighted by molar-refractivity contribution is 5.99. The normalized spacial score (nSPS) is 11.1. The fraction of sp³-hybridized carbons (Fsp3) is 0.533. The fourth-order valence-electron chi connectivity index (χ4n) is 1.89. The molecule has 0 fully saturated rings. The van der Waals surface area contributed by atoms with Crippen LogP contribution in [-0.2, 0) is 0 Å². The maximum Gasteiger partial charge on any atom is 0.250 e. The number of hydrogen-bond donors (Lipinski definition) is 3.